The highest BCUT2D eigenvalue weighted by Crippen LogP contribution is 2.30. The van der Waals surface area contributed by atoms with Crippen molar-refractivity contribution in [1.29, 1.82) is 0 Å². The van der Waals surface area contributed by atoms with E-state index in [4.69, 9.17) is 4.74 Å². The lowest BCUT2D eigenvalue weighted by atomic mass is 10.2. The molecule has 11 heteroatoms. The van der Waals surface area contributed by atoms with E-state index in [1.54, 1.807) is 0 Å². The van der Waals surface area contributed by atoms with Crippen LogP contribution in [0, 0.1) is 0 Å². The summed E-state index contributed by atoms with van der Waals surface area (Å²) in [7, 11) is 1.25. The second-order valence-corrected chi connectivity index (χ2v) is 4.92. The van der Waals surface area contributed by atoms with E-state index >= 15 is 0 Å². The normalized spacial score (nSPS) is 12.1. The molecule has 0 saturated carbocycles. The van der Waals surface area contributed by atoms with Crippen molar-refractivity contribution in [2.75, 3.05) is 5.32 Å². The Morgan fingerprint density at radius 2 is 1.72 bits per heavy atom. The van der Waals surface area contributed by atoms with Gasteiger partial charge in [0.05, 0.1) is 11.3 Å². The standard InChI is InChI=1S/C14H11F6N3O2/c1-23-10(6-11(22-23)14(18,19)20)7-25-12(24)21-9-4-2-8(3-5-9)13(15,16)17/h2-6H,7H2,1H3,(H,21,24). The maximum absolute atomic E-state index is 12.5. The Kier molecular flexibility index (Phi) is 4.95. The first-order valence-corrected chi connectivity index (χ1v) is 6.68. The first kappa shape index (κ1) is 18.6. The molecule has 136 valence electrons. The van der Waals surface area contributed by atoms with E-state index in [1.165, 1.54) is 7.05 Å². The first-order valence-electron chi connectivity index (χ1n) is 6.68. The Labute approximate surface area is 137 Å². The third-order valence-electron chi connectivity index (χ3n) is 3.08. The van der Waals surface area contributed by atoms with E-state index in [0.29, 0.717) is 0 Å². The molecule has 1 amide bonds. The topological polar surface area (TPSA) is 56.2 Å². The molecule has 1 aromatic heterocycles. The Bertz CT molecular complexity index is 749. The molecular formula is C14H11F6N3O2. The number of alkyl halides is 6. The van der Waals surface area contributed by atoms with Crippen LogP contribution in [0.4, 0.5) is 36.8 Å². The number of carbonyl (C=O) groups excluding carboxylic acids is 1. The minimum atomic E-state index is -4.63. The molecule has 1 N–H and O–H groups in total. The number of carbonyl (C=O) groups is 1. The SMILES string of the molecule is Cn1nc(C(F)(F)F)cc1COC(=O)Nc1ccc(C(F)(F)F)cc1. The zero-order valence-electron chi connectivity index (χ0n) is 12.6. The van der Waals surface area contributed by atoms with E-state index in [0.717, 1.165) is 35.0 Å². The molecule has 0 radical (unpaired) electrons. The fourth-order valence-electron chi connectivity index (χ4n) is 1.82. The van der Waals surface area contributed by atoms with Crippen molar-refractivity contribution >= 4 is 11.8 Å². The third-order valence-corrected chi connectivity index (χ3v) is 3.08. The molecule has 0 bridgehead atoms. The molecule has 0 fully saturated rings. The minimum absolute atomic E-state index is 0.00473. The Hall–Kier alpha value is -2.72. The van der Waals surface area contributed by atoms with Gasteiger partial charge in [-0.15, -0.1) is 0 Å². The smallest absolute Gasteiger partial charge is 0.435 e. The quantitative estimate of drug-likeness (QED) is 0.827. The third kappa shape index (κ3) is 4.88. The van der Waals surface area contributed by atoms with Crippen LogP contribution < -0.4 is 5.32 Å². The molecule has 1 aromatic carbocycles. The van der Waals surface area contributed by atoms with E-state index in [2.05, 4.69) is 10.4 Å². The molecule has 0 aliphatic heterocycles. The number of ether oxygens (including phenoxy) is 1. The summed E-state index contributed by atoms with van der Waals surface area (Å²) in [5.41, 5.74) is -1.98. The van der Waals surface area contributed by atoms with E-state index in [9.17, 15) is 31.1 Å². The van der Waals surface area contributed by atoms with Gasteiger partial charge in [0, 0.05) is 12.7 Å². The zero-order valence-corrected chi connectivity index (χ0v) is 12.6. The van der Waals surface area contributed by atoms with Gasteiger partial charge in [0.25, 0.3) is 0 Å². The van der Waals surface area contributed by atoms with Gasteiger partial charge in [-0.05, 0) is 30.3 Å². The molecule has 0 atom stereocenters. The minimum Gasteiger partial charge on any atom is -0.443 e. The van der Waals surface area contributed by atoms with E-state index in [1.807, 2.05) is 0 Å². The predicted molar refractivity (Wildman–Crippen MR) is 73.5 cm³/mol. The van der Waals surface area contributed by atoms with Gasteiger partial charge in [-0.25, -0.2) is 4.79 Å². The van der Waals surface area contributed by atoms with Gasteiger partial charge in [-0.3, -0.25) is 10.00 Å². The number of aromatic nitrogens is 2. The summed E-state index contributed by atoms with van der Waals surface area (Å²) in [5.74, 6) is 0. The number of anilines is 1. The van der Waals surface area contributed by atoms with Gasteiger partial charge in [0.2, 0.25) is 0 Å². The fourth-order valence-corrected chi connectivity index (χ4v) is 1.82. The number of aryl methyl sites for hydroxylation is 1. The molecule has 5 nitrogen and oxygen atoms in total. The van der Waals surface area contributed by atoms with E-state index in [-0.39, 0.29) is 11.4 Å². The highest BCUT2D eigenvalue weighted by molar-refractivity contribution is 5.84. The van der Waals surface area contributed by atoms with Crippen molar-refractivity contribution in [3.8, 4) is 0 Å². The van der Waals surface area contributed by atoms with E-state index < -0.39 is 36.3 Å². The highest BCUT2D eigenvalue weighted by Gasteiger charge is 2.34. The summed E-state index contributed by atoms with van der Waals surface area (Å²) in [5, 5.41) is 5.42. The summed E-state index contributed by atoms with van der Waals surface area (Å²) in [6, 6.07) is 4.32. The molecule has 0 saturated heterocycles. The first-order chi connectivity index (χ1) is 11.5. The van der Waals surface area contributed by atoms with Crippen molar-refractivity contribution < 1.29 is 35.9 Å². The maximum atomic E-state index is 12.5. The number of hydrogen-bond acceptors (Lipinski definition) is 3. The van der Waals surface area contributed by atoms with Crippen LogP contribution in [-0.4, -0.2) is 15.9 Å². The Balaban J connectivity index is 1.94. The van der Waals surface area contributed by atoms with Gasteiger partial charge < -0.3 is 4.74 Å². The average Bonchev–Trinajstić information content (AvgIpc) is 2.86. The van der Waals surface area contributed by atoms with Crippen LogP contribution in [0.5, 0.6) is 0 Å². The Morgan fingerprint density at radius 3 is 2.20 bits per heavy atom. The van der Waals surface area contributed by atoms with Gasteiger partial charge in [-0.2, -0.15) is 31.4 Å². The number of hydrogen-bond donors (Lipinski definition) is 1. The Morgan fingerprint density at radius 1 is 1.12 bits per heavy atom. The molecule has 0 spiro atoms. The molecule has 25 heavy (non-hydrogen) atoms. The van der Waals surface area contributed by atoms with Crippen LogP contribution >= 0.6 is 0 Å². The van der Waals surface area contributed by atoms with Gasteiger partial charge >= 0.3 is 18.4 Å². The lowest BCUT2D eigenvalue weighted by Crippen LogP contribution is -2.15. The number of benzene rings is 1. The molecule has 1 heterocycles. The van der Waals surface area contributed by atoms with Crippen LogP contribution in [0.3, 0.4) is 0 Å². The second kappa shape index (κ2) is 6.65. The maximum Gasteiger partial charge on any atom is 0.435 e. The van der Waals surface area contributed by atoms with Crippen LogP contribution in [0.25, 0.3) is 0 Å². The monoisotopic (exact) mass is 367 g/mol. The van der Waals surface area contributed by atoms with Crippen molar-refractivity contribution in [2.45, 2.75) is 19.0 Å². The lowest BCUT2D eigenvalue weighted by Gasteiger charge is -2.09. The summed E-state index contributed by atoms with van der Waals surface area (Å²) < 4.78 is 80.4. The molecular weight excluding hydrogens is 356 g/mol. The molecule has 0 aliphatic rings. The number of amides is 1. The van der Waals surface area contributed by atoms with Crippen molar-refractivity contribution in [1.82, 2.24) is 9.78 Å². The highest BCUT2D eigenvalue weighted by atomic mass is 19.4. The number of rotatable bonds is 3. The van der Waals surface area contributed by atoms with Crippen LogP contribution in [0.15, 0.2) is 30.3 Å². The van der Waals surface area contributed by atoms with Gasteiger partial charge in [0.1, 0.15) is 6.61 Å². The number of halogens is 6. The lowest BCUT2D eigenvalue weighted by molar-refractivity contribution is -0.141. The largest absolute Gasteiger partial charge is 0.443 e. The van der Waals surface area contributed by atoms with Gasteiger partial charge in [-0.1, -0.05) is 0 Å². The molecule has 2 aromatic rings. The molecule has 2 rings (SSSR count). The van der Waals surface area contributed by atoms with Crippen LogP contribution in [0.1, 0.15) is 17.0 Å². The van der Waals surface area contributed by atoms with Crippen LogP contribution in [0.2, 0.25) is 0 Å². The second-order valence-electron chi connectivity index (χ2n) is 4.92. The zero-order chi connectivity index (χ0) is 18.8. The van der Waals surface area contributed by atoms with Gasteiger partial charge in [0.15, 0.2) is 5.69 Å². The van der Waals surface area contributed by atoms with Crippen molar-refractivity contribution in [2.24, 2.45) is 7.05 Å². The summed E-state index contributed by atoms with van der Waals surface area (Å²) >= 11 is 0. The fraction of sp³-hybridized carbons (Fsp3) is 0.286. The average molecular weight is 367 g/mol. The molecule has 0 unspecified atom stereocenters. The van der Waals surface area contributed by atoms with Crippen molar-refractivity contribution in [3.05, 3.63) is 47.3 Å². The summed E-state index contributed by atoms with van der Waals surface area (Å²) in [4.78, 5) is 11.6. The summed E-state index contributed by atoms with van der Waals surface area (Å²) in [6.45, 7) is -0.494. The predicted octanol–water partition coefficient (Wildman–Crippen LogP) is 4.21. The van der Waals surface area contributed by atoms with Crippen LogP contribution in [-0.2, 0) is 30.7 Å². The summed E-state index contributed by atoms with van der Waals surface area (Å²) in [6.07, 6.45) is -10.2. The number of nitrogens with one attached hydrogen (secondary N) is 1. The number of nitrogens with zero attached hydrogens (tertiary/aromatic N) is 2. The molecule has 0 aliphatic carbocycles. The van der Waals surface area contributed by atoms with Crippen molar-refractivity contribution in [3.63, 3.8) is 0 Å².